The molecule has 0 bridgehead atoms. The lowest BCUT2D eigenvalue weighted by Gasteiger charge is -2.24. The van der Waals surface area contributed by atoms with Crippen molar-refractivity contribution in [1.29, 1.82) is 0 Å². The van der Waals surface area contributed by atoms with E-state index >= 15 is 0 Å². The first-order chi connectivity index (χ1) is 12.4. The number of aromatic nitrogens is 4. The molecule has 8 heteroatoms. The molecule has 0 aliphatic rings. The van der Waals surface area contributed by atoms with E-state index in [0.29, 0.717) is 11.4 Å². The van der Waals surface area contributed by atoms with E-state index in [1.807, 2.05) is 38.1 Å². The minimum atomic E-state index is -0.588. The Balaban J connectivity index is 2.09. The number of H-pyrrole nitrogens is 2. The molecule has 26 heavy (non-hydrogen) atoms. The third kappa shape index (κ3) is 3.34. The number of anilines is 1. The van der Waals surface area contributed by atoms with Crippen molar-refractivity contribution in [2.24, 2.45) is 7.05 Å². The van der Waals surface area contributed by atoms with Gasteiger partial charge in [0.15, 0.2) is 0 Å². The molecular weight excluding hydrogens is 334 g/mol. The zero-order valence-corrected chi connectivity index (χ0v) is 14.7. The second kappa shape index (κ2) is 6.83. The molecule has 3 rings (SSSR count). The largest absolute Gasteiger partial charge is 0.325 e. The molecule has 1 amide bonds. The second-order valence-corrected chi connectivity index (χ2v) is 6.07. The molecular formula is C18H19N5O3. The van der Waals surface area contributed by atoms with Crippen LogP contribution in [-0.4, -0.2) is 25.7 Å². The van der Waals surface area contributed by atoms with E-state index in [1.54, 1.807) is 13.1 Å². The van der Waals surface area contributed by atoms with Gasteiger partial charge in [0.1, 0.15) is 5.69 Å². The van der Waals surface area contributed by atoms with Crippen molar-refractivity contribution in [3.05, 3.63) is 79.9 Å². The van der Waals surface area contributed by atoms with Crippen LogP contribution in [0.25, 0.3) is 0 Å². The van der Waals surface area contributed by atoms with Crippen molar-refractivity contribution in [3.8, 4) is 0 Å². The van der Waals surface area contributed by atoms with E-state index in [0.717, 1.165) is 11.3 Å². The molecule has 1 aromatic carbocycles. The summed E-state index contributed by atoms with van der Waals surface area (Å²) in [5, 5.41) is 4.22. The number of carbonyl (C=O) groups is 1. The van der Waals surface area contributed by atoms with Crippen molar-refractivity contribution in [2.45, 2.75) is 20.4 Å². The third-order valence-corrected chi connectivity index (χ3v) is 4.10. The summed E-state index contributed by atoms with van der Waals surface area (Å²) in [6, 6.07) is 9.11. The van der Waals surface area contributed by atoms with Crippen LogP contribution >= 0.6 is 0 Å². The second-order valence-electron chi connectivity index (χ2n) is 6.07. The summed E-state index contributed by atoms with van der Waals surface area (Å²) in [4.78, 5) is 42.7. The number of hydrogen-bond acceptors (Lipinski definition) is 4. The van der Waals surface area contributed by atoms with Crippen LogP contribution in [0.2, 0.25) is 0 Å². The van der Waals surface area contributed by atoms with Crippen molar-refractivity contribution in [3.63, 3.8) is 0 Å². The molecule has 134 valence electrons. The molecule has 0 radical (unpaired) electrons. The molecule has 0 aliphatic carbocycles. The van der Waals surface area contributed by atoms with E-state index in [4.69, 9.17) is 0 Å². The summed E-state index contributed by atoms with van der Waals surface area (Å²) >= 11 is 0. The van der Waals surface area contributed by atoms with Gasteiger partial charge in [-0.25, -0.2) is 4.79 Å². The fraction of sp³-hybridized carbons (Fsp3) is 0.222. The van der Waals surface area contributed by atoms with Crippen molar-refractivity contribution < 1.29 is 4.79 Å². The molecule has 8 nitrogen and oxygen atoms in total. The summed E-state index contributed by atoms with van der Waals surface area (Å²) in [6.07, 6.45) is 1.33. The summed E-state index contributed by atoms with van der Waals surface area (Å²) in [5.41, 5.74) is 1.87. The maximum atomic E-state index is 13.2. The number of nitrogens with zero attached hydrogens (tertiary/aromatic N) is 3. The van der Waals surface area contributed by atoms with Crippen LogP contribution in [0.4, 0.5) is 5.69 Å². The first-order valence-electron chi connectivity index (χ1n) is 8.06. The van der Waals surface area contributed by atoms with Crippen molar-refractivity contribution >= 4 is 11.6 Å². The molecule has 0 atom stereocenters. The number of aromatic amines is 2. The molecule has 0 saturated heterocycles. The van der Waals surface area contributed by atoms with Crippen LogP contribution in [0.1, 0.15) is 27.3 Å². The standard InChI is InChI=1S/C18H19N5O3/c1-11-6-4-5-7-14(11)23(10-13-9-19-18(26)20-16(13)24)17(25)15-8-12(2)21-22(15)3/h4-9H,10H2,1-3H3,(H2,19,20,24,26). The maximum Gasteiger partial charge on any atom is 0.325 e. The quantitative estimate of drug-likeness (QED) is 0.737. The minimum absolute atomic E-state index is 0.0139. The van der Waals surface area contributed by atoms with E-state index in [2.05, 4.69) is 15.1 Å². The number of hydrogen-bond donors (Lipinski definition) is 2. The number of rotatable bonds is 4. The lowest BCUT2D eigenvalue weighted by molar-refractivity contribution is 0.0976. The number of carbonyl (C=O) groups excluding carboxylic acids is 1. The van der Waals surface area contributed by atoms with E-state index in [9.17, 15) is 14.4 Å². The molecule has 0 aliphatic heterocycles. The Bertz CT molecular complexity index is 1080. The molecule has 2 heterocycles. The highest BCUT2D eigenvalue weighted by Crippen LogP contribution is 2.23. The Hall–Kier alpha value is -3.42. The van der Waals surface area contributed by atoms with Crippen LogP contribution in [0.5, 0.6) is 0 Å². The molecule has 2 aromatic heterocycles. The van der Waals surface area contributed by atoms with E-state index in [1.165, 1.54) is 15.8 Å². The van der Waals surface area contributed by atoms with Gasteiger partial charge in [0, 0.05) is 18.9 Å². The van der Waals surface area contributed by atoms with Gasteiger partial charge in [-0.1, -0.05) is 18.2 Å². The van der Waals surface area contributed by atoms with E-state index in [-0.39, 0.29) is 18.0 Å². The molecule has 0 unspecified atom stereocenters. The SMILES string of the molecule is Cc1cc(C(=O)N(Cc2c[nH]c(=O)[nH]c2=O)c2ccccc2C)n(C)n1. The summed E-state index contributed by atoms with van der Waals surface area (Å²) in [5.74, 6) is -0.284. The zero-order chi connectivity index (χ0) is 18.8. The summed E-state index contributed by atoms with van der Waals surface area (Å²) in [7, 11) is 1.70. The molecule has 0 spiro atoms. The van der Waals surface area contributed by atoms with Crippen LogP contribution < -0.4 is 16.1 Å². The van der Waals surface area contributed by atoms with Gasteiger partial charge in [0.05, 0.1) is 17.8 Å². The topological polar surface area (TPSA) is 104 Å². The average Bonchev–Trinajstić information content (AvgIpc) is 2.93. The van der Waals surface area contributed by atoms with Gasteiger partial charge in [0.25, 0.3) is 11.5 Å². The van der Waals surface area contributed by atoms with Crippen molar-refractivity contribution in [2.75, 3.05) is 4.90 Å². The van der Waals surface area contributed by atoms with Crippen LogP contribution in [0.3, 0.4) is 0 Å². The number of amides is 1. The Labute approximate surface area is 149 Å². The van der Waals surface area contributed by atoms with Gasteiger partial charge in [-0.15, -0.1) is 0 Å². The molecule has 0 saturated carbocycles. The summed E-state index contributed by atoms with van der Waals surface area (Å²) < 4.78 is 1.51. The van der Waals surface area contributed by atoms with Crippen molar-refractivity contribution in [1.82, 2.24) is 19.7 Å². The minimum Gasteiger partial charge on any atom is -0.314 e. The highest BCUT2D eigenvalue weighted by atomic mass is 16.2. The zero-order valence-electron chi connectivity index (χ0n) is 14.7. The van der Waals surface area contributed by atoms with Gasteiger partial charge in [0.2, 0.25) is 0 Å². The first-order valence-corrected chi connectivity index (χ1v) is 8.06. The highest BCUT2D eigenvalue weighted by molar-refractivity contribution is 6.05. The fourth-order valence-electron chi connectivity index (χ4n) is 2.81. The molecule has 2 N–H and O–H groups in total. The fourth-order valence-corrected chi connectivity index (χ4v) is 2.81. The van der Waals surface area contributed by atoms with Gasteiger partial charge < -0.3 is 9.88 Å². The number of benzene rings is 1. The normalized spacial score (nSPS) is 10.7. The number of aryl methyl sites for hydroxylation is 3. The Morgan fingerprint density at radius 3 is 2.58 bits per heavy atom. The number of para-hydroxylation sites is 1. The molecule has 0 fully saturated rings. The van der Waals surface area contributed by atoms with Gasteiger partial charge >= 0.3 is 5.69 Å². The van der Waals surface area contributed by atoms with Gasteiger partial charge in [-0.05, 0) is 31.5 Å². The van der Waals surface area contributed by atoms with Gasteiger partial charge in [-0.3, -0.25) is 19.3 Å². The lowest BCUT2D eigenvalue weighted by Crippen LogP contribution is -2.36. The Morgan fingerprint density at radius 1 is 1.23 bits per heavy atom. The Kier molecular flexibility index (Phi) is 4.57. The van der Waals surface area contributed by atoms with Gasteiger partial charge in [-0.2, -0.15) is 5.10 Å². The third-order valence-electron chi connectivity index (χ3n) is 4.10. The number of nitrogens with one attached hydrogen (secondary N) is 2. The highest BCUT2D eigenvalue weighted by Gasteiger charge is 2.23. The predicted octanol–water partition coefficient (Wildman–Crippen LogP) is 1.26. The van der Waals surface area contributed by atoms with Crippen LogP contribution in [0.15, 0.2) is 46.1 Å². The van der Waals surface area contributed by atoms with Crippen LogP contribution in [-0.2, 0) is 13.6 Å². The Morgan fingerprint density at radius 2 is 1.96 bits per heavy atom. The monoisotopic (exact) mass is 353 g/mol. The van der Waals surface area contributed by atoms with Crippen LogP contribution in [0, 0.1) is 13.8 Å². The molecule has 3 aromatic rings. The maximum absolute atomic E-state index is 13.2. The smallest absolute Gasteiger partial charge is 0.314 e. The average molecular weight is 353 g/mol. The first kappa shape index (κ1) is 17.4. The predicted molar refractivity (Wildman–Crippen MR) is 97.3 cm³/mol. The summed E-state index contributed by atoms with van der Waals surface area (Å²) in [6.45, 7) is 3.71. The van der Waals surface area contributed by atoms with E-state index < -0.39 is 11.2 Å². The lowest BCUT2D eigenvalue weighted by atomic mass is 10.1.